The fraction of sp³-hybridized carbons (Fsp3) is 0.409. The van der Waals surface area contributed by atoms with Crippen molar-refractivity contribution in [2.45, 2.75) is 43.4 Å². The molecule has 2 N–H and O–H groups in total. The van der Waals surface area contributed by atoms with Crippen LogP contribution in [0.15, 0.2) is 53.5 Å². The molecule has 0 bridgehead atoms. The van der Waals surface area contributed by atoms with Crippen molar-refractivity contribution in [3.63, 3.8) is 0 Å². The summed E-state index contributed by atoms with van der Waals surface area (Å²) in [5, 5.41) is 14.3. The van der Waals surface area contributed by atoms with E-state index in [1.807, 2.05) is 0 Å². The van der Waals surface area contributed by atoms with E-state index in [1.165, 1.54) is 6.07 Å². The molecule has 2 atom stereocenters. The Morgan fingerprint density at radius 3 is 2.57 bits per heavy atom. The Bertz CT molecular complexity index is 879. The van der Waals surface area contributed by atoms with Crippen LogP contribution in [-0.2, 0) is 6.18 Å². The Morgan fingerprint density at radius 2 is 1.89 bits per heavy atom. The molecule has 1 aliphatic heterocycles. The number of hydrogen-bond donors (Lipinski definition) is 2. The zero-order valence-electron chi connectivity index (χ0n) is 15.5. The molecule has 0 spiro atoms. The van der Waals surface area contributed by atoms with Crippen LogP contribution in [0.5, 0.6) is 0 Å². The summed E-state index contributed by atoms with van der Waals surface area (Å²) in [6, 6.07) is 13.1. The molecule has 4 rings (SSSR count). The molecule has 1 fully saturated rings. The normalized spacial score (nSPS) is 25.3. The van der Waals surface area contributed by atoms with Crippen LogP contribution in [-0.4, -0.2) is 29.6 Å². The first kappa shape index (κ1) is 19.0. The molecule has 2 aromatic carbocycles. The van der Waals surface area contributed by atoms with Gasteiger partial charge in [-0.3, -0.25) is 4.99 Å². The number of halogens is 3. The minimum absolute atomic E-state index is 0.00593. The number of amidine groups is 1. The SMILES string of the molecule is OC1(C2=NCCN2)CCC[C@H](c2ccc(C(F)(F)F)c(-c3ccccc3)c2)C1. The minimum atomic E-state index is -4.42. The predicted molar refractivity (Wildman–Crippen MR) is 103 cm³/mol. The second-order valence-electron chi connectivity index (χ2n) is 7.65. The highest BCUT2D eigenvalue weighted by Crippen LogP contribution is 2.43. The van der Waals surface area contributed by atoms with Crippen molar-refractivity contribution in [3.05, 3.63) is 59.7 Å². The van der Waals surface area contributed by atoms with E-state index in [-0.39, 0.29) is 11.5 Å². The number of benzene rings is 2. The predicted octanol–water partition coefficient (Wildman–Crippen LogP) is 4.76. The number of alkyl halides is 3. The Balaban J connectivity index is 1.70. The number of nitrogens with zero attached hydrogens (tertiary/aromatic N) is 1. The number of hydrogen-bond acceptors (Lipinski definition) is 3. The smallest absolute Gasteiger partial charge is 0.382 e. The van der Waals surface area contributed by atoms with Crippen LogP contribution in [0.3, 0.4) is 0 Å². The van der Waals surface area contributed by atoms with Crippen LogP contribution in [0, 0.1) is 0 Å². The molecule has 0 amide bonds. The summed E-state index contributed by atoms with van der Waals surface area (Å²) < 4.78 is 40.7. The summed E-state index contributed by atoms with van der Waals surface area (Å²) in [6.45, 7) is 1.38. The molecule has 1 heterocycles. The van der Waals surface area contributed by atoms with Gasteiger partial charge in [-0.2, -0.15) is 13.2 Å². The molecule has 1 saturated carbocycles. The fourth-order valence-corrected chi connectivity index (χ4v) is 4.38. The molecule has 1 aliphatic carbocycles. The molecule has 2 aromatic rings. The maximum Gasteiger partial charge on any atom is 0.417 e. The summed E-state index contributed by atoms with van der Waals surface area (Å²) in [5.41, 5.74) is -0.0748. The van der Waals surface area contributed by atoms with Crippen LogP contribution >= 0.6 is 0 Å². The van der Waals surface area contributed by atoms with Crippen LogP contribution in [0.25, 0.3) is 11.1 Å². The quantitative estimate of drug-likeness (QED) is 0.796. The van der Waals surface area contributed by atoms with Crippen molar-refractivity contribution in [2.75, 3.05) is 13.1 Å². The summed E-state index contributed by atoms with van der Waals surface area (Å²) in [5.74, 6) is 0.626. The highest BCUT2D eigenvalue weighted by atomic mass is 19.4. The Kier molecular flexibility index (Phi) is 4.91. The average Bonchev–Trinajstić information content (AvgIpc) is 3.23. The van der Waals surface area contributed by atoms with Crippen LogP contribution in [0.2, 0.25) is 0 Å². The monoisotopic (exact) mass is 388 g/mol. The number of aliphatic hydroxyl groups is 1. The molecule has 0 aromatic heterocycles. The first-order chi connectivity index (χ1) is 13.4. The van der Waals surface area contributed by atoms with Gasteiger partial charge in [-0.25, -0.2) is 0 Å². The molecule has 28 heavy (non-hydrogen) atoms. The summed E-state index contributed by atoms with van der Waals surface area (Å²) in [6.07, 6.45) is -1.67. The van der Waals surface area contributed by atoms with E-state index >= 15 is 0 Å². The largest absolute Gasteiger partial charge is 0.417 e. The van der Waals surface area contributed by atoms with Gasteiger partial charge >= 0.3 is 6.18 Å². The average molecular weight is 388 g/mol. The first-order valence-corrected chi connectivity index (χ1v) is 9.64. The Morgan fingerprint density at radius 1 is 1.11 bits per heavy atom. The van der Waals surface area contributed by atoms with Gasteiger partial charge < -0.3 is 10.4 Å². The van der Waals surface area contributed by atoms with Crippen molar-refractivity contribution in [3.8, 4) is 11.1 Å². The van der Waals surface area contributed by atoms with Gasteiger partial charge in [-0.15, -0.1) is 0 Å². The van der Waals surface area contributed by atoms with E-state index in [9.17, 15) is 18.3 Å². The van der Waals surface area contributed by atoms with Crippen molar-refractivity contribution < 1.29 is 18.3 Å². The topological polar surface area (TPSA) is 44.6 Å². The standard InChI is InChI=1S/C22H23F3N2O/c23-22(24,25)19-9-8-16(13-18(19)15-5-2-1-3-6-15)17-7-4-10-21(28,14-17)20-26-11-12-27-20/h1-3,5-6,8-9,13,17,28H,4,7,10-12,14H2,(H,26,27)/t17-,21?/m0/s1. The molecule has 1 unspecified atom stereocenters. The lowest BCUT2D eigenvalue weighted by Gasteiger charge is -2.37. The molecular weight excluding hydrogens is 365 g/mol. The van der Waals surface area contributed by atoms with Gasteiger partial charge in [-0.05, 0) is 54.4 Å². The molecule has 3 nitrogen and oxygen atoms in total. The maximum atomic E-state index is 13.6. The molecule has 148 valence electrons. The van der Waals surface area contributed by atoms with Gasteiger partial charge in [0.25, 0.3) is 0 Å². The zero-order chi connectivity index (χ0) is 19.8. The van der Waals surface area contributed by atoms with Crippen LogP contribution in [0.4, 0.5) is 13.2 Å². The van der Waals surface area contributed by atoms with E-state index in [1.54, 1.807) is 42.5 Å². The second kappa shape index (κ2) is 7.24. The van der Waals surface area contributed by atoms with Crippen LogP contribution < -0.4 is 5.32 Å². The zero-order valence-corrected chi connectivity index (χ0v) is 15.5. The minimum Gasteiger partial charge on any atom is -0.382 e. The highest BCUT2D eigenvalue weighted by Gasteiger charge is 2.41. The summed E-state index contributed by atoms with van der Waals surface area (Å²) in [7, 11) is 0. The van der Waals surface area contributed by atoms with Crippen LogP contribution in [0.1, 0.15) is 42.7 Å². The van der Waals surface area contributed by atoms with Crippen molar-refractivity contribution in [2.24, 2.45) is 4.99 Å². The first-order valence-electron chi connectivity index (χ1n) is 9.64. The Hall–Kier alpha value is -2.34. The van der Waals surface area contributed by atoms with Gasteiger partial charge in [0.05, 0.1) is 12.1 Å². The number of nitrogens with one attached hydrogen (secondary N) is 1. The fourth-order valence-electron chi connectivity index (χ4n) is 4.38. The lowest BCUT2D eigenvalue weighted by atomic mass is 9.74. The number of rotatable bonds is 3. The van der Waals surface area contributed by atoms with E-state index in [0.717, 1.165) is 24.9 Å². The molecule has 6 heteroatoms. The molecular formula is C22H23F3N2O. The van der Waals surface area contributed by atoms with E-state index in [2.05, 4.69) is 10.3 Å². The molecule has 0 radical (unpaired) electrons. The van der Waals surface area contributed by atoms with E-state index in [4.69, 9.17) is 0 Å². The molecule has 0 saturated heterocycles. The van der Waals surface area contributed by atoms with Gasteiger partial charge in [0.15, 0.2) is 0 Å². The lowest BCUT2D eigenvalue weighted by Crippen LogP contribution is -2.47. The summed E-state index contributed by atoms with van der Waals surface area (Å²) >= 11 is 0. The molecule has 2 aliphatic rings. The second-order valence-corrected chi connectivity index (χ2v) is 7.65. The van der Waals surface area contributed by atoms with Gasteiger partial charge in [0.2, 0.25) is 0 Å². The third kappa shape index (κ3) is 3.65. The maximum absolute atomic E-state index is 13.6. The third-order valence-corrected chi connectivity index (χ3v) is 5.75. The van der Waals surface area contributed by atoms with E-state index < -0.39 is 17.3 Å². The van der Waals surface area contributed by atoms with Gasteiger partial charge in [0, 0.05) is 6.54 Å². The highest BCUT2D eigenvalue weighted by molar-refractivity contribution is 5.91. The third-order valence-electron chi connectivity index (χ3n) is 5.75. The van der Waals surface area contributed by atoms with Crippen molar-refractivity contribution in [1.82, 2.24) is 5.32 Å². The van der Waals surface area contributed by atoms with Crippen molar-refractivity contribution >= 4 is 5.84 Å². The Labute approximate surface area is 162 Å². The van der Waals surface area contributed by atoms with Gasteiger partial charge in [0.1, 0.15) is 11.4 Å². The van der Waals surface area contributed by atoms with Gasteiger partial charge in [-0.1, -0.05) is 42.5 Å². The number of aliphatic imine (C=N–C) groups is 1. The van der Waals surface area contributed by atoms with E-state index in [0.29, 0.717) is 30.8 Å². The van der Waals surface area contributed by atoms with Crippen molar-refractivity contribution in [1.29, 1.82) is 0 Å². The summed E-state index contributed by atoms with van der Waals surface area (Å²) in [4.78, 5) is 4.38. The lowest BCUT2D eigenvalue weighted by molar-refractivity contribution is -0.137.